The van der Waals surface area contributed by atoms with Crippen LogP contribution in [0.1, 0.15) is 28.7 Å². The molecule has 1 atom stereocenters. The van der Waals surface area contributed by atoms with Gasteiger partial charge in [-0.15, -0.1) is 0 Å². The summed E-state index contributed by atoms with van der Waals surface area (Å²) in [5.74, 6) is -0.125. The molecule has 0 radical (unpaired) electrons. The van der Waals surface area contributed by atoms with E-state index in [2.05, 4.69) is 29.6 Å². The Kier molecular flexibility index (Phi) is 3.83. The average molecular weight is 269 g/mol. The van der Waals surface area contributed by atoms with E-state index in [4.69, 9.17) is 0 Å². The van der Waals surface area contributed by atoms with Crippen LogP contribution in [0.4, 0.5) is 4.39 Å². The van der Waals surface area contributed by atoms with E-state index in [0.717, 1.165) is 30.5 Å². The predicted molar refractivity (Wildman–Crippen MR) is 80.2 cm³/mol. The van der Waals surface area contributed by atoms with Crippen molar-refractivity contribution >= 4 is 0 Å². The van der Waals surface area contributed by atoms with Gasteiger partial charge in [0.25, 0.3) is 0 Å². The number of hydrogen-bond donors (Lipinski definition) is 1. The van der Waals surface area contributed by atoms with Gasteiger partial charge >= 0.3 is 0 Å². The summed E-state index contributed by atoms with van der Waals surface area (Å²) in [6.07, 6.45) is 3.42. The summed E-state index contributed by atoms with van der Waals surface area (Å²) in [6.45, 7) is 2.63. The van der Waals surface area contributed by atoms with E-state index in [1.165, 1.54) is 17.5 Å². The fourth-order valence-corrected chi connectivity index (χ4v) is 2.95. The number of fused-ring (bicyclic) bond motifs is 1. The van der Waals surface area contributed by atoms with Gasteiger partial charge in [0.05, 0.1) is 0 Å². The molecular weight excluding hydrogens is 249 g/mol. The Morgan fingerprint density at radius 2 is 1.95 bits per heavy atom. The lowest BCUT2D eigenvalue weighted by Gasteiger charge is -2.25. The molecule has 0 spiro atoms. The zero-order valence-corrected chi connectivity index (χ0v) is 11.8. The molecule has 2 aromatic rings. The monoisotopic (exact) mass is 269 g/mol. The first-order valence-corrected chi connectivity index (χ1v) is 7.27. The summed E-state index contributed by atoms with van der Waals surface area (Å²) in [5, 5.41) is 3.60. The van der Waals surface area contributed by atoms with Crippen LogP contribution in [0.15, 0.2) is 42.5 Å². The number of hydrogen-bond acceptors (Lipinski definition) is 1. The van der Waals surface area contributed by atoms with Crippen LogP contribution in [0.2, 0.25) is 0 Å². The molecule has 1 nitrogen and oxygen atoms in total. The molecule has 0 aromatic heterocycles. The molecule has 0 bridgehead atoms. The SMILES string of the molecule is Cc1cc(CNC2CCc3ccccc3C2)ccc1F. The predicted octanol–water partition coefficient (Wildman–Crippen LogP) is 3.78. The number of rotatable bonds is 3. The highest BCUT2D eigenvalue weighted by Crippen LogP contribution is 2.21. The Labute approximate surface area is 119 Å². The number of aryl methyl sites for hydroxylation is 2. The van der Waals surface area contributed by atoms with Gasteiger partial charge in [-0.2, -0.15) is 0 Å². The summed E-state index contributed by atoms with van der Waals surface area (Å²) in [6, 6.07) is 14.6. The van der Waals surface area contributed by atoms with Crippen molar-refractivity contribution < 1.29 is 4.39 Å². The van der Waals surface area contributed by atoms with Crippen molar-refractivity contribution in [2.24, 2.45) is 0 Å². The van der Waals surface area contributed by atoms with Crippen LogP contribution in [0.3, 0.4) is 0 Å². The van der Waals surface area contributed by atoms with Gasteiger partial charge in [0.1, 0.15) is 5.82 Å². The normalized spacial score (nSPS) is 17.8. The molecule has 2 aromatic carbocycles. The molecule has 0 amide bonds. The van der Waals surface area contributed by atoms with Crippen molar-refractivity contribution in [3.05, 3.63) is 70.5 Å². The molecule has 2 heteroatoms. The Balaban J connectivity index is 1.61. The minimum absolute atomic E-state index is 0.125. The molecule has 0 saturated heterocycles. The van der Waals surface area contributed by atoms with E-state index >= 15 is 0 Å². The van der Waals surface area contributed by atoms with Crippen LogP contribution in [0.25, 0.3) is 0 Å². The lowest BCUT2D eigenvalue weighted by molar-refractivity contribution is 0.457. The molecule has 1 aliphatic rings. The highest BCUT2D eigenvalue weighted by atomic mass is 19.1. The van der Waals surface area contributed by atoms with Gasteiger partial charge in [-0.1, -0.05) is 36.4 Å². The summed E-state index contributed by atoms with van der Waals surface area (Å²) in [4.78, 5) is 0. The van der Waals surface area contributed by atoms with Gasteiger partial charge in [-0.25, -0.2) is 4.39 Å². The first-order chi connectivity index (χ1) is 9.72. The maximum absolute atomic E-state index is 13.2. The maximum Gasteiger partial charge on any atom is 0.126 e. The van der Waals surface area contributed by atoms with Gasteiger partial charge in [-0.05, 0) is 54.5 Å². The van der Waals surface area contributed by atoms with Gasteiger partial charge < -0.3 is 5.32 Å². The Morgan fingerprint density at radius 1 is 1.15 bits per heavy atom. The largest absolute Gasteiger partial charge is 0.310 e. The van der Waals surface area contributed by atoms with Crippen molar-refractivity contribution in [1.82, 2.24) is 5.32 Å². The molecule has 104 valence electrons. The molecule has 1 N–H and O–H groups in total. The second-order valence-electron chi connectivity index (χ2n) is 5.67. The van der Waals surface area contributed by atoms with E-state index in [1.54, 1.807) is 6.07 Å². The smallest absolute Gasteiger partial charge is 0.126 e. The van der Waals surface area contributed by atoms with Crippen LogP contribution in [-0.4, -0.2) is 6.04 Å². The van der Waals surface area contributed by atoms with Crippen molar-refractivity contribution in [2.45, 2.75) is 38.8 Å². The quantitative estimate of drug-likeness (QED) is 0.894. The summed E-state index contributed by atoms with van der Waals surface area (Å²) < 4.78 is 13.2. The Bertz CT molecular complexity index is 606. The molecule has 0 aliphatic heterocycles. The van der Waals surface area contributed by atoms with Gasteiger partial charge in [0, 0.05) is 12.6 Å². The minimum atomic E-state index is -0.125. The van der Waals surface area contributed by atoms with E-state index in [9.17, 15) is 4.39 Å². The lowest BCUT2D eigenvalue weighted by Crippen LogP contribution is -2.34. The highest BCUT2D eigenvalue weighted by Gasteiger charge is 2.17. The highest BCUT2D eigenvalue weighted by molar-refractivity contribution is 5.30. The number of benzene rings is 2. The Hall–Kier alpha value is -1.67. The molecular formula is C18H20FN. The maximum atomic E-state index is 13.2. The van der Waals surface area contributed by atoms with E-state index < -0.39 is 0 Å². The van der Waals surface area contributed by atoms with Gasteiger partial charge in [0.2, 0.25) is 0 Å². The average Bonchev–Trinajstić information content (AvgIpc) is 2.48. The summed E-state index contributed by atoms with van der Waals surface area (Å²) >= 11 is 0. The first kappa shape index (κ1) is 13.3. The summed E-state index contributed by atoms with van der Waals surface area (Å²) in [5.41, 5.74) is 4.83. The molecule has 1 aliphatic carbocycles. The molecule has 0 saturated carbocycles. The molecule has 0 heterocycles. The zero-order chi connectivity index (χ0) is 13.9. The van der Waals surface area contributed by atoms with Crippen LogP contribution in [-0.2, 0) is 19.4 Å². The second kappa shape index (κ2) is 5.76. The van der Waals surface area contributed by atoms with Crippen molar-refractivity contribution in [1.29, 1.82) is 0 Å². The van der Waals surface area contributed by atoms with E-state index in [0.29, 0.717) is 6.04 Å². The van der Waals surface area contributed by atoms with Crippen LogP contribution >= 0.6 is 0 Å². The van der Waals surface area contributed by atoms with Crippen LogP contribution < -0.4 is 5.32 Å². The first-order valence-electron chi connectivity index (χ1n) is 7.27. The fraction of sp³-hybridized carbons (Fsp3) is 0.333. The molecule has 20 heavy (non-hydrogen) atoms. The topological polar surface area (TPSA) is 12.0 Å². The van der Waals surface area contributed by atoms with Crippen LogP contribution in [0, 0.1) is 12.7 Å². The third kappa shape index (κ3) is 2.91. The number of halogens is 1. The minimum Gasteiger partial charge on any atom is -0.310 e. The molecule has 3 rings (SSSR count). The molecule has 1 unspecified atom stereocenters. The van der Waals surface area contributed by atoms with Crippen molar-refractivity contribution in [3.63, 3.8) is 0 Å². The van der Waals surface area contributed by atoms with E-state index in [-0.39, 0.29) is 5.82 Å². The number of nitrogens with one attached hydrogen (secondary N) is 1. The standard InChI is InChI=1S/C18H20FN/c1-13-10-14(6-9-18(13)19)12-20-17-8-7-15-4-2-3-5-16(15)11-17/h2-6,9-10,17,20H,7-8,11-12H2,1H3. The second-order valence-corrected chi connectivity index (χ2v) is 5.67. The van der Waals surface area contributed by atoms with Crippen molar-refractivity contribution in [2.75, 3.05) is 0 Å². The summed E-state index contributed by atoms with van der Waals surface area (Å²) in [7, 11) is 0. The van der Waals surface area contributed by atoms with Gasteiger partial charge in [-0.3, -0.25) is 0 Å². The van der Waals surface area contributed by atoms with Gasteiger partial charge in [0.15, 0.2) is 0 Å². The molecule has 0 fully saturated rings. The van der Waals surface area contributed by atoms with Crippen LogP contribution in [0.5, 0.6) is 0 Å². The van der Waals surface area contributed by atoms with Crippen molar-refractivity contribution in [3.8, 4) is 0 Å². The van der Waals surface area contributed by atoms with E-state index in [1.807, 2.05) is 19.1 Å². The zero-order valence-electron chi connectivity index (χ0n) is 11.8. The Morgan fingerprint density at radius 3 is 2.75 bits per heavy atom. The lowest BCUT2D eigenvalue weighted by atomic mass is 9.88. The third-order valence-electron chi connectivity index (χ3n) is 4.16. The fourth-order valence-electron chi connectivity index (χ4n) is 2.95. The third-order valence-corrected chi connectivity index (χ3v) is 4.16.